The first-order valence-corrected chi connectivity index (χ1v) is 6.10. The lowest BCUT2D eigenvalue weighted by molar-refractivity contribution is -0.142. The molecular formula is C14H18FNO3. The molecule has 104 valence electrons. The molecule has 1 unspecified atom stereocenters. The van der Waals surface area contributed by atoms with Crippen molar-refractivity contribution in [1.82, 2.24) is 5.32 Å². The Morgan fingerprint density at radius 2 is 2.00 bits per heavy atom. The fourth-order valence-corrected chi connectivity index (χ4v) is 1.79. The van der Waals surface area contributed by atoms with Crippen LogP contribution in [-0.4, -0.2) is 23.5 Å². The van der Waals surface area contributed by atoms with Crippen LogP contribution in [0.25, 0.3) is 0 Å². The van der Waals surface area contributed by atoms with Crippen molar-refractivity contribution in [2.45, 2.75) is 20.8 Å². The smallest absolute Gasteiger partial charge is 0.308 e. The summed E-state index contributed by atoms with van der Waals surface area (Å²) >= 11 is 0. The molecule has 0 bridgehead atoms. The van der Waals surface area contributed by atoms with Crippen LogP contribution in [0.15, 0.2) is 18.2 Å². The average molecular weight is 267 g/mol. The predicted molar refractivity (Wildman–Crippen MR) is 69.4 cm³/mol. The number of benzene rings is 1. The second-order valence-electron chi connectivity index (χ2n) is 4.86. The van der Waals surface area contributed by atoms with Gasteiger partial charge in [0.1, 0.15) is 5.82 Å². The van der Waals surface area contributed by atoms with Crippen LogP contribution in [0.2, 0.25) is 0 Å². The Morgan fingerprint density at radius 3 is 2.47 bits per heavy atom. The molecule has 0 radical (unpaired) electrons. The first kappa shape index (κ1) is 15.1. The molecule has 5 heteroatoms. The van der Waals surface area contributed by atoms with Gasteiger partial charge >= 0.3 is 5.97 Å². The van der Waals surface area contributed by atoms with Crippen LogP contribution in [0, 0.1) is 24.6 Å². The second-order valence-corrected chi connectivity index (χ2v) is 4.86. The van der Waals surface area contributed by atoms with E-state index in [1.54, 1.807) is 20.8 Å². The van der Waals surface area contributed by atoms with E-state index in [-0.39, 0.29) is 18.4 Å². The Hall–Kier alpha value is -1.91. The fourth-order valence-electron chi connectivity index (χ4n) is 1.79. The molecule has 0 aromatic heterocycles. The zero-order valence-corrected chi connectivity index (χ0v) is 11.2. The highest BCUT2D eigenvalue weighted by atomic mass is 19.1. The Morgan fingerprint density at radius 1 is 1.37 bits per heavy atom. The van der Waals surface area contributed by atoms with E-state index in [9.17, 15) is 14.0 Å². The molecule has 0 aliphatic heterocycles. The van der Waals surface area contributed by atoms with E-state index in [0.717, 1.165) is 0 Å². The minimum Gasteiger partial charge on any atom is -0.481 e. The van der Waals surface area contributed by atoms with E-state index in [4.69, 9.17) is 5.11 Å². The number of rotatable bonds is 5. The van der Waals surface area contributed by atoms with E-state index >= 15 is 0 Å². The lowest BCUT2D eigenvalue weighted by Crippen LogP contribution is -2.35. The van der Waals surface area contributed by atoms with Crippen molar-refractivity contribution in [3.05, 3.63) is 35.1 Å². The maximum absolute atomic E-state index is 12.9. The van der Waals surface area contributed by atoms with Gasteiger partial charge in [-0.25, -0.2) is 4.39 Å². The number of nitrogens with one attached hydrogen (secondary N) is 1. The molecule has 0 saturated heterocycles. The van der Waals surface area contributed by atoms with Crippen molar-refractivity contribution < 1.29 is 19.1 Å². The second kappa shape index (κ2) is 6.31. The maximum atomic E-state index is 12.9. The third kappa shape index (κ3) is 4.05. The van der Waals surface area contributed by atoms with Crippen molar-refractivity contribution >= 4 is 11.9 Å². The van der Waals surface area contributed by atoms with E-state index in [1.807, 2.05) is 0 Å². The lowest BCUT2D eigenvalue weighted by Gasteiger charge is -2.17. The Bertz CT molecular complexity index is 486. The van der Waals surface area contributed by atoms with E-state index in [0.29, 0.717) is 11.1 Å². The fraction of sp³-hybridized carbons (Fsp3) is 0.429. The zero-order valence-electron chi connectivity index (χ0n) is 11.2. The standard InChI is InChI=1S/C14H18FNO3/c1-8(2)12(14(18)19)7-16-13(17)11-5-4-10(15)6-9(11)3/h4-6,8,12H,7H2,1-3H3,(H,16,17)(H,18,19). The number of carbonyl (C=O) groups excluding carboxylic acids is 1. The normalized spacial score (nSPS) is 12.3. The van der Waals surface area contributed by atoms with Gasteiger partial charge in [0.2, 0.25) is 0 Å². The van der Waals surface area contributed by atoms with Crippen molar-refractivity contribution in [3.63, 3.8) is 0 Å². The number of carboxylic acid groups (broad SMARTS) is 1. The van der Waals surface area contributed by atoms with Gasteiger partial charge in [0.05, 0.1) is 5.92 Å². The predicted octanol–water partition coefficient (Wildman–Crippen LogP) is 2.22. The molecule has 0 fully saturated rings. The van der Waals surface area contributed by atoms with Crippen LogP contribution in [-0.2, 0) is 4.79 Å². The topological polar surface area (TPSA) is 66.4 Å². The average Bonchev–Trinajstić information content (AvgIpc) is 2.27. The number of amides is 1. The van der Waals surface area contributed by atoms with Crippen LogP contribution in [0.3, 0.4) is 0 Å². The van der Waals surface area contributed by atoms with Crippen molar-refractivity contribution in [2.24, 2.45) is 11.8 Å². The number of aliphatic carboxylic acids is 1. The molecule has 1 aromatic carbocycles. The summed E-state index contributed by atoms with van der Waals surface area (Å²) in [5.41, 5.74) is 0.878. The molecule has 4 nitrogen and oxygen atoms in total. The SMILES string of the molecule is Cc1cc(F)ccc1C(=O)NCC(C(=O)O)C(C)C. The summed E-state index contributed by atoms with van der Waals surface area (Å²) < 4.78 is 12.9. The minimum absolute atomic E-state index is 0.0582. The van der Waals surface area contributed by atoms with Crippen LogP contribution in [0.4, 0.5) is 4.39 Å². The van der Waals surface area contributed by atoms with E-state index < -0.39 is 17.7 Å². The quantitative estimate of drug-likeness (QED) is 0.859. The number of aryl methyl sites for hydroxylation is 1. The van der Waals surface area contributed by atoms with Gasteiger partial charge in [-0.2, -0.15) is 0 Å². The van der Waals surface area contributed by atoms with Gasteiger partial charge in [0, 0.05) is 12.1 Å². The molecule has 1 rings (SSSR count). The first-order valence-electron chi connectivity index (χ1n) is 6.10. The van der Waals surface area contributed by atoms with Gasteiger partial charge in [-0.3, -0.25) is 9.59 Å². The molecular weight excluding hydrogens is 249 g/mol. The van der Waals surface area contributed by atoms with Gasteiger partial charge in [0.15, 0.2) is 0 Å². The summed E-state index contributed by atoms with van der Waals surface area (Å²) in [4.78, 5) is 22.9. The summed E-state index contributed by atoms with van der Waals surface area (Å²) in [6.45, 7) is 5.26. The summed E-state index contributed by atoms with van der Waals surface area (Å²) in [7, 11) is 0. The number of hydrogen-bond acceptors (Lipinski definition) is 2. The Kier molecular flexibility index (Phi) is 5.03. The zero-order chi connectivity index (χ0) is 14.6. The van der Waals surface area contributed by atoms with Crippen molar-refractivity contribution in [3.8, 4) is 0 Å². The maximum Gasteiger partial charge on any atom is 0.308 e. The molecule has 0 aliphatic rings. The summed E-state index contributed by atoms with van der Waals surface area (Å²) in [6, 6.07) is 3.87. The number of carboxylic acids is 1. The summed E-state index contributed by atoms with van der Waals surface area (Å²) in [5.74, 6) is -2.44. The van der Waals surface area contributed by atoms with Gasteiger partial charge < -0.3 is 10.4 Å². The van der Waals surface area contributed by atoms with Crippen LogP contribution >= 0.6 is 0 Å². The van der Waals surface area contributed by atoms with Gasteiger partial charge in [-0.1, -0.05) is 13.8 Å². The minimum atomic E-state index is -0.939. The molecule has 0 saturated carbocycles. The molecule has 1 aromatic rings. The van der Waals surface area contributed by atoms with E-state index in [2.05, 4.69) is 5.32 Å². The number of hydrogen-bond donors (Lipinski definition) is 2. The summed E-state index contributed by atoms with van der Waals surface area (Å²) in [5, 5.41) is 11.6. The van der Waals surface area contributed by atoms with Crippen molar-refractivity contribution in [2.75, 3.05) is 6.54 Å². The van der Waals surface area contributed by atoms with E-state index in [1.165, 1.54) is 18.2 Å². The van der Waals surface area contributed by atoms with Gasteiger partial charge in [-0.15, -0.1) is 0 Å². The van der Waals surface area contributed by atoms with Gasteiger partial charge in [0.25, 0.3) is 5.91 Å². The third-order valence-corrected chi connectivity index (χ3v) is 3.04. The Labute approximate surface area is 111 Å². The third-order valence-electron chi connectivity index (χ3n) is 3.04. The molecule has 19 heavy (non-hydrogen) atoms. The first-order chi connectivity index (χ1) is 8.82. The monoisotopic (exact) mass is 267 g/mol. The lowest BCUT2D eigenvalue weighted by atomic mass is 9.96. The van der Waals surface area contributed by atoms with Crippen LogP contribution in [0.5, 0.6) is 0 Å². The van der Waals surface area contributed by atoms with Crippen molar-refractivity contribution in [1.29, 1.82) is 0 Å². The Balaban J connectivity index is 2.72. The molecule has 1 amide bonds. The summed E-state index contributed by atoms with van der Waals surface area (Å²) in [6.07, 6.45) is 0. The molecule has 0 spiro atoms. The molecule has 0 heterocycles. The highest BCUT2D eigenvalue weighted by molar-refractivity contribution is 5.95. The van der Waals surface area contributed by atoms with Crippen LogP contribution in [0.1, 0.15) is 29.8 Å². The largest absolute Gasteiger partial charge is 0.481 e. The molecule has 1 atom stereocenters. The number of halogens is 1. The highest BCUT2D eigenvalue weighted by Gasteiger charge is 2.22. The number of carbonyl (C=O) groups is 2. The van der Waals surface area contributed by atoms with Crippen LogP contribution < -0.4 is 5.32 Å². The molecule has 2 N–H and O–H groups in total. The van der Waals surface area contributed by atoms with Gasteiger partial charge in [-0.05, 0) is 36.6 Å². The highest BCUT2D eigenvalue weighted by Crippen LogP contribution is 2.12. The molecule has 0 aliphatic carbocycles.